The van der Waals surface area contributed by atoms with Crippen molar-refractivity contribution in [2.45, 2.75) is 26.4 Å². The Morgan fingerprint density at radius 1 is 1.34 bits per heavy atom. The quantitative estimate of drug-likeness (QED) is 0.591. The zero-order valence-corrected chi connectivity index (χ0v) is 18.6. The van der Waals surface area contributed by atoms with Crippen LogP contribution in [0.1, 0.15) is 40.1 Å². The highest BCUT2D eigenvalue weighted by Gasteiger charge is 2.37. The minimum Gasteiger partial charge on any atom is -0.496 e. The first-order valence-electron chi connectivity index (χ1n) is 9.80. The molecule has 0 fully saturated rings. The van der Waals surface area contributed by atoms with Gasteiger partial charge in [-0.1, -0.05) is 6.07 Å². The number of anilines is 1. The molecule has 1 amide bonds. The Hall–Kier alpha value is -3.90. The minimum atomic E-state index is -0.592. The molecule has 3 heterocycles. The number of allylic oxidation sites excluding steroid dienone is 1. The number of aromatic nitrogens is 2. The highest BCUT2D eigenvalue weighted by molar-refractivity contribution is 7.09. The number of aryl methyl sites for hydroxylation is 1. The lowest BCUT2D eigenvalue weighted by Crippen LogP contribution is -2.28. The molecule has 4 rings (SSSR count). The highest BCUT2D eigenvalue weighted by Crippen LogP contribution is 2.48. The summed E-state index contributed by atoms with van der Waals surface area (Å²) in [5.41, 5.74) is 10.4. The largest absolute Gasteiger partial charge is 0.496 e. The summed E-state index contributed by atoms with van der Waals surface area (Å²) >= 11 is 1.48. The molecule has 0 radical (unpaired) electrons. The Morgan fingerprint density at radius 3 is 2.81 bits per heavy atom. The van der Waals surface area contributed by atoms with E-state index in [1.807, 2.05) is 19.2 Å². The predicted octanol–water partition coefficient (Wildman–Crippen LogP) is 3.62. The molecule has 3 aromatic rings. The Labute approximate surface area is 189 Å². The van der Waals surface area contributed by atoms with E-state index in [1.165, 1.54) is 18.4 Å². The van der Waals surface area contributed by atoms with Crippen molar-refractivity contribution in [3.63, 3.8) is 0 Å². The number of thiazole rings is 1. The van der Waals surface area contributed by atoms with Crippen molar-refractivity contribution < 1.29 is 14.3 Å². The van der Waals surface area contributed by atoms with Crippen LogP contribution in [-0.2, 0) is 11.4 Å². The average Bonchev–Trinajstić information content (AvgIpc) is 3.31. The van der Waals surface area contributed by atoms with E-state index in [0.29, 0.717) is 39.6 Å². The fourth-order valence-electron chi connectivity index (χ4n) is 3.88. The predicted molar refractivity (Wildman–Crippen MR) is 120 cm³/mol. The maximum absolute atomic E-state index is 12.6. The number of nitrogens with two attached hydrogens (primary N) is 1. The fraction of sp³-hybridized carbons (Fsp3) is 0.217. The minimum absolute atomic E-state index is 0.242. The molecule has 1 aliphatic rings. The Bertz CT molecular complexity index is 1260. The van der Waals surface area contributed by atoms with Crippen LogP contribution in [0.2, 0.25) is 0 Å². The molecule has 0 saturated carbocycles. The number of nitrogens with one attached hydrogen (secondary N) is 1. The molecular formula is C23H21N5O3S. The van der Waals surface area contributed by atoms with Crippen molar-refractivity contribution in [1.29, 1.82) is 5.26 Å². The number of nitriles is 1. The number of carbonyl (C=O) groups excluding carboxylic acids is 1. The summed E-state index contributed by atoms with van der Waals surface area (Å²) < 4.78 is 11.7. The first-order valence-corrected chi connectivity index (χ1v) is 10.7. The number of amides is 1. The van der Waals surface area contributed by atoms with Crippen molar-refractivity contribution in [1.82, 2.24) is 9.97 Å². The maximum atomic E-state index is 12.6. The van der Waals surface area contributed by atoms with Crippen LogP contribution in [0.3, 0.4) is 0 Å². The normalized spacial score (nSPS) is 14.9. The van der Waals surface area contributed by atoms with Crippen molar-refractivity contribution in [2.75, 3.05) is 12.4 Å². The molecule has 9 heteroatoms. The molecule has 8 nitrogen and oxygen atoms in total. The number of rotatable bonds is 6. The topological polar surface area (TPSA) is 123 Å². The number of benzene rings is 1. The number of carbonyl (C=O) groups is 1. The Morgan fingerprint density at radius 2 is 2.16 bits per heavy atom. The summed E-state index contributed by atoms with van der Waals surface area (Å²) in [5, 5.41) is 15.3. The van der Waals surface area contributed by atoms with Gasteiger partial charge in [-0.2, -0.15) is 5.26 Å². The third-order valence-corrected chi connectivity index (χ3v) is 6.07. The van der Waals surface area contributed by atoms with Crippen LogP contribution in [0, 0.1) is 18.3 Å². The summed E-state index contributed by atoms with van der Waals surface area (Å²) in [6.07, 6.45) is 3.43. The number of methoxy groups -OCH3 is 1. The van der Waals surface area contributed by atoms with Crippen LogP contribution in [0.4, 0.5) is 5.69 Å². The van der Waals surface area contributed by atoms with E-state index in [-0.39, 0.29) is 6.61 Å². The third kappa shape index (κ3) is 3.76. The second-order valence-corrected chi connectivity index (χ2v) is 8.26. The summed E-state index contributed by atoms with van der Waals surface area (Å²) in [7, 11) is 1.52. The van der Waals surface area contributed by atoms with Gasteiger partial charge in [-0.15, -0.1) is 11.3 Å². The number of ether oxygens (including phenoxy) is 2. The molecule has 0 bridgehead atoms. The van der Waals surface area contributed by atoms with E-state index in [4.69, 9.17) is 15.2 Å². The van der Waals surface area contributed by atoms with Crippen molar-refractivity contribution in [2.24, 2.45) is 5.73 Å². The van der Waals surface area contributed by atoms with E-state index in [0.717, 1.165) is 16.3 Å². The molecule has 1 aliphatic heterocycles. The number of fused-ring (bicyclic) bond motifs is 1. The summed E-state index contributed by atoms with van der Waals surface area (Å²) in [6, 6.07) is 7.22. The van der Waals surface area contributed by atoms with E-state index < -0.39 is 11.8 Å². The first kappa shape index (κ1) is 21.3. The lowest BCUT2D eigenvalue weighted by atomic mass is 9.79. The van der Waals surface area contributed by atoms with Gasteiger partial charge in [0.25, 0.3) is 0 Å². The number of pyridine rings is 1. The van der Waals surface area contributed by atoms with E-state index >= 15 is 0 Å². The molecule has 0 spiro atoms. The van der Waals surface area contributed by atoms with Gasteiger partial charge in [-0.05, 0) is 31.5 Å². The van der Waals surface area contributed by atoms with Crippen molar-refractivity contribution >= 4 is 22.9 Å². The standard InChI is InChI=1S/C23H21N5O3S/c1-12-10-27-23(31-11-17-26-6-7-32-17)20-19(18(22(25)29)13(2)28-21(12)20)15-5-4-14(9-24)8-16(15)30-3/h4-8,10,19,28H,11H2,1-3H3,(H2,25,29). The third-order valence-electron chi connectivity index (χ3n) is 5.32. The average molecular weight is 448 g/mol. The summed E-state index contributed by atoms with van der Waals surface area (Å²) in [4.78, 5) is 21.4. The second kappa shape index (κ2) is 8.69. The van der Waals surface area contributed by atoms with Crippen LogP contribution < -0.4 is 20.5 Å². The van der Waals surface area contributed by atoms with Gasteiger partial charge >= 0.3 is 0 Å². The second-order valence-electron chi connectivity index (χ2n) is 7.28. The molecule has 1 unspecified atom stereocenters. The molecule has 0 saturated heterocycles. The van der Waals surface area contributed by atoms with Gasteiger partial charge in [0.15, 0.2) is 0 Å². The van der Waals surface area contributed by atoms with Crippen molar-refractivity contribution in [3.05, 3.63) is 74.5 Å². The van der Waals surface area contributed by atoms with Gasteiger partial charge in [0.05, 0.1) is 35.9 Å². The van der Waals surface area contributed by atoms with Gasteiger partial charge in [0, 0.05) is 34.6 Å². The lowest BCUT2D eigenvalue weighted by Gasteiger charge is -2.32. The van der Waals surface area contributed by atoms with Gasteiger partial charge in [0.2, 0.25) is 11.8 Å². The van der Waals surface area contributed by atoms with E-state index in [2.05, 4.69) is 21.4 Å². The van der Waals surface area contributed by atoms with Gasteiger partial charge in [0.1, 0.15) is 17.4 Å². The SMILES string of the molecule is COc1cc(C#N)ccc1C1C(C(N)=O)=C(C)Nc2c(C)cnc(OCc3nccs3)c21. The molecular weight excluding hydrogens is 426 g/mol. The Kier molecular flexibility index (Phi) is 5.79. The van der Waals surface area contributed by atoms with Gasteiger partial charge in [-0.3, -0.25) is 4.79 Å². The number of nitrogens with zero attached hydrogens (tertiary/aromatic N) is 3. The van der Waals surface area contributed by atoms with Crippen LogP contribution in [-0.4, -0.2) is 23.0 Å². The van der Waals surface area contributed by atoms with Crippen LogP contribution in [0.15, 0.2) is 47.2 Å². The van der Waals surface area contributed by atoms with E-state index in [1.54, 1.807) is 30.6 Å². The maximum Gasteiger partial charge on any atom is 0.247 e. The van der Waals surface area contributed by atoms with Crippen LogP contribution in [0.25, 0.3) is 0 Å². The number of hydrogen-bond donors (Lipinski definition) is 2. The molecule has 1 aromatic carbocycles. The Balaban J connectivity index is 1.93. The van der Waals surface area contributed by atoms with Crippen LogP contribution >= 0.6 is 11.3 Å². The van der Waals surface area contributed by atoms with Crippen LogP contribution in [0.5, 0.6) is 11.6 Å². The van der Waals surface area contributed by atoms with Crippen molar-refractivity contribution in [3.8, 4) is 17.7 Å². The smallest absolute Gasteiger partial charge is 0.247 e. The molecule has 0 aliphatic carbocycles. The molecule has 32 heavy (non-hydrogen) atoms. The summed E-state index contributed by atoms with van der Waals surface area (Å²) in [5.74, 6) is -0.314. The summed E-state index contributed by atoms with van der Waals surface area (Å²) in [6.45, 7) is 3.98. The molecule has 162 valence electrons. The zero-order valence-electron chi connectivity index (χ0n) is 17.8. The van der Waals surface area contributed by atoms with Gasteiger partial charge in [-0.25, -0.2) is 9.97 Å². The molecule has 2 aromatic heterocycles. The van der Waals surface area contributed by atoms with Gasteiger partial charge < -0.3 is 20.5 Å². The fourth-order valence-corrected chi connectivity index (χ4v) is 4.41. The molecule has 1 atom stereocenters. The monoisotopic (exact) mass is 447 g/mol. The zero-order chi connectivity index (χ0) is 22.8. The molecule has 3 N–H and O–H groups in total. The number of hydrogen-bond acceptors (Lipinski definition) is 8. The number of primary amides is 1. The first-order chi connectivity index (χ1) is 15.4. The highest BCUT2D eigenvalue weighted by atomic mass is 32.1. The lowest BCUT2D eigenvalue weighted by molar-refractivity contribution is -0.114. The van der Waals surface area contributed by atoms with E-state index in [9.17, 15) is 10.1 Å².